The summed E-state index contributed by atoms with van der Waals surface area (Å²) in [5.41, 5.74) is 1.44. The number of nitrogens with one attached hydrogen (secondary N) is 1. The maximum Gasteiger partial charge on any atom is 0.256 e. The number of amides is 2. The highest BCUT2D eigenvalue weighted by Gasteiger charge is 2.26. The second-order valence-corrected chi connectivity index (χ2v) is 6.93. The summed E-state index contributed by atoms with van der Waals surface area (Å²) in [6.07, 6.45) is 3.48. The molecule has 0 atom stereocenters. The van der Waals surface area contributed by atoms with Crippen molar-refractivity contribution in [3.8, 4) is 10.4 Å². The minimum absolute atomic E-state index is 0.0677. The quantitative estimate of drug-likeness (QED) is 0.881. The van der Waals surface area contributed by atoms with E-state index >= 15 is 0 Å². The highest BCUT2D eigenvalue weighted by Crippen LogP contribution is 2.33. The molecule has 3 heterocycles. The fourth-order valence-electron chi connectivity index (χ4n) is 2.63. The molecule has 2 aromatic rings. The number of thiophene rings is 1. The maximum atomic E-state index is 12.7. The van der Waals surface area contributed by atoms with Crippen LogP contribution in [-0.2, 0) is 4.79 Å². The highest BCUT2D eigenvalue weighted by atomic mass is 35.5. The Labute approximate surface area is 142 Å². The molecule has 0 radical (unpaired) electrons. The van der Waals surface area contributed by atoms with Crippen LogP contribution in [0.3, 0.4) is 0 Å². The summed E-state index contributed by atoms with van der Waals surface area (Å²) in [7, 11) is 0. The predicted molar refractivity (Wildman–Crippen MR) is 88.7 cm³/mol. The Morgan fingerprint density at radius 2 is 1.87 bits per heavy atom. The van der Waals surface area contributed by atoms with Gasteiger partial charge in [-0.05, 0) is 12.1 Å². The molecule has 1 aliphatic rings. The maximum absolute atomic E-state index is 12.7. The summed E-state index contributed by atoms with van der Waals surface area (Å²) in [5, 5.41) is 8.89. The number of piperazine rings is 1. The average molecular weight is 354 g/mol. The van der Waals surface area contributed by atoms with Crippen LogP contribution in [0.5, 0.6) is 0 Å². The van der Waals surface area contributed by atoms with Crippen molar-refractivity contribution >= 4 is 34.8 Å². The molecule has 2 N–H and O–H groups in total. The van der Waals surface area contributed by atoms with Gasteiger partial charge in [0, 0.05) is 49.0 Å². The lowest BCUT2D eigenvalue weighted by Gasteiger charge is -2.34. The van der Waals surface area contributed by atoms with E-state index in [1.54, 1.807) is 22.2 Å². The Kier molecular flexibility index (Phi) is 4.70. The zero-order valence-electron chi connectivity index (χ0n) is 12.3. The number of carbonyl (C=O) groups is 2. The molecular weight excluding hydrogens is 338 g/mol. The van der Waals surface area contributed by atoms with E-state index in [9.17, 15) is 9.59 Å². The summed E-state index contributed by atoms with van der Waals surface area (Å²) in [6, 6.07) is 3.70. The van der Waals surface area contributed by atoms with Gasteiger partial charge < -0.3 is 19.9 Å². The number of aromatic nitrogens is 1. The van der Waals surface area contributed by atoms with E-state index in [0.29, 0.717) is 36.1 Å². The normalized spacial score (nSPS) is 15.0. The van der Waals surface area contributed by atoms with E-state index in [2.05, 4.69) is 4.98 Å². The molecule has 3 rings (SSSR count). The second-order valence-electron chi connectivity index (χ2n) is 5.22. The molecule has 2 amide bonds. The number of aromatic amines is 1. The van der Waals surface area contributed by atoms with Gasteiger partial charge in [0.15, 0.2) is 0 Å². The van der Waals surface area contributed by atoms with Gasteiger partial charge in [-0.25, -0.2) is 0 Å². The molecule has 1 fully saturated rings. The van der Waals surface area contributed by atoms with Crippen LogP contribution in [-0.4, -0.2) is 64.5 Å². The van der Waals surface area contributed by atoms with E-state index in [-0.39, 0.29) is 11.8 Å². The number of aliphatic hydroxyl groups excluding tert-OH is 1. The molecule has 23 heavy (non-hydrogen) atoms. The largest absolute Gasteiger partial charge is 0.387 e. The Hall–Kier alpha value is -1.83. The molecule has 0 saturated carbocycles. The number of aliphatic hydroxyl groups is 1. The number of nitrogens with zero attached hydrogens (tertiary/aromatic N) is 2. The van der Waals surface area contributed by atoms with E-state index in [0.717, 1.165) is 10.4 Å². The number of halogens is 1. The molecule has 2 aromatic heterocycles. The highest BCUT2D eigenvalue weighted by molar-refractivity contribution is 7.19. The zero-order chi connectivity index (χ0) is 16.4. The summed E-state index contributed by atoms with van der Waals surface area (Å²) in [6.45, 7) is 1.31. The minimum Gasteiger partial charge on any atom is -0.387 e. The van der Waals surface area contributed by atoms with Gasteiger partial charge in [0.2, 0.25) is 5.91 Å². The fourth-order valence-corrected chi connectivity index (χ4v) is 3.71. The summed E-state index contributed by atoms with van der Waals surface area (Å²) >= 11 is 7.40. The summed E-state index contributed by atoms with van der Waals surface area (Å²) < 4.78 is 0.677. The molecular formula is C15H16ClN3O3S. The van der Waals surface area contributed by atoms with Gasteiger partial charge in [0.1, 0.15) is 6.61 Å². The van der Waals surface area contributed by atoms with Crippen LogP contribution < -0.4 is 0 Å². The molecule has 1 saturated heterocycles. The van der Waals surface area contributed by atoms with Crippen LogP contribution in [0.4, 0.5) is 0 Å². The van der Waals surface area contributed by atoms with Gasteiger partial charge in [-0.1, -0.05) is 11.6 Å². The van der Waals surface area contributed by atoms with Crippen LogP contribution in [0, 0.1) is 0 Å². The van der Waals surface area contributed by atoms with Gasteiger partial charge in [-0.15, -0.1) is 11.3 Å². The topological polar surface area (TPSA) is 76.6 Å². The van der Waals surface area contributed by atoms with Gasteiger partial charge >= 0.3 is 0 Å². The molecule has 0 unspecified atom stereocenters. The first-order valence-corrected chi connectivity index (χ1v) is 8.40. The lowest BCUT2D eigenvalue weighted by Crippen LogP contribution is -2.51. The number of carbonyl (C=O) groups excluding carboxylic acids is 2. The van der Waals surface area contributed by atoms with Crippen molar-refractivity contribution in [1.82, 2.24) is 14.8 Å². The molecule has 0 spiro atoms. The Bertz CT molecular complexity index is 719. The smallest absolute Gasteiger partial charge is 0.256 e. The van der Waals surface area contributed by atoms with Crippen LogP contribution >= 0.6 is 22.9 Å². The Morgan fingerprint density at radius 3 is 2.48 bits per heavy atom. The van der Waals surface area contributed by atoms with Crippen molar-refractivity contribution in [3.63, 3.8) is 0 Å². The van der Waals surface area contributed by atoms with Crippen LogP contribution in [0.25, 0.3) is 10.4 Å². The third-order valence-electron chi connectivity index (χ3n) is 3.87. The monoisotopic (exact) mass is 353 g/mol. The minimum atomic E-state index is -0.491. The van der Waals surface area contributed by atoms with Gasteiger partial charge in [-0.2, -0.15) is 0 Å². The van der Waals surface area contributed by atoms with Gasteiger partial charge in [-0.3, -0.25) is 9.59 Å². The number of H-pyrrole nitrogens is 1. The first-order valence-electron chi connectivity index (χ1n) is 7.20. The second kappa shape index (κ2) is 6.74. The summed E-state index contributed by atoms with van der Waals surface area (Å²) in [4.78, 5) is 31.4. The van der Waals surface area contributed by atoms with Crippen molar-refractivity contribution in [3.05, 3.63) is 34.4 Å². The first kappa shape index (κ1) is 16.0. The zero-order valence-corrected chi connectivity index (χ0v) is 13.9. The molecule has 122 valence electrons. The van der Waals surface area contributed by atoms with Crippen LogP contribution in [0.15, 0.2) is 24.5 Å². The standard InChI is InChI=1S/C15H16ClN3O3S/c16-13-2-1-12(23-13)10-7-17-8-11(10)15(22)19-5-3-18(4-6-19)14(21)9-20/h1-2,7-8,17,20H,3-6,9H2. The number of rotatable bonds is 3. The molecule has 0 aliphatic carbocycles. The average Bonchev–Trinajstić information content (AvgIpc) is 3.22. The first-order chi connectivity index (χ1) is 11.1. The van der Waals surface area contributed by atoms with Crippen molar-refractivity contribution in [1.29, 1.82) is 0 Å². The molecule has 1 aliphatic heterocycles. The number of hydrogen-bond acceptors (Lipinski definition) is 4. The predicted octanol–water partition coefficient (Wildman–Crippen LogP) is 1.67. The summed E-state index contributed by atoms with van der Waals surface area (Å²) in [5.74, 6) is -0.366. The van der Waals surface area contributed by atoms with E-state index in [1.807, 2.05) is 12.1 Å². The third-order valence-corrected chi connectivity index (χ3v) is 5.13. The SMILES string of the molecule is O=C(CO)N1CCN(C(=O)c2c[nH]cc2-c2ccc(Cl)s2)CC1. The van der Waals surface area contributed by atoms with Crippen LogP contribution in [0.1, 0.15) is 10.4 Å². The Balaban J connectivity index is 1.73. The Morgan fingerprint density at radius 1 is 1.17 bits per heavy atom. The van der Waals surface area contributed by atoms with E-state index < -0.39 is 6.61 Å². The van der Waals surface area contributed by atoms with Crippen molar-refractivity contribution in [2.24, 2.45) is 0 Å². The fraction of sp³-hybridized carbons (Fsp3) is 0.333. The van der Waals surface area contributed by atoms with Gasteiger partial charge in [0.05, 0.1) is 9.90 Å². The molecule has 8 heteroatoms. The number of hydrogen-bond donors (Lipinski definition) is 2. The molecule has 0 aromatic carbocycles. The molecule has 6 nitrogen and oxygen atoms in total. The van der Waals surface area contributed by atoms with Crippen molar-refractivity contribution in [2.45, 2.75) is 0 Å². The lowest BCUT2D eigenvalue weighted by molar-refractivity contribution is -0.135. The van der Waals surface area contributed by atoms with Crippen molar-refractivity contribution in [2.75, 3.05) is 32.8 Å². The third kappa shape index (κ3) is 3.26. The lowest BCUT2D eigenvalue weighted by atomic mass is 10.1. The van der Waals surface area contributed by atoms with Gasteiger partial charge in [0.25, 0.3) is 5.91 Å². The van der Waals surface area contributed by atoms with Crippen LogP contribution in [0.2, 0.25) is 4.34 Å². The molecule has 0 bridgehead atoms. The van der Waals surface area contributed by atoms with Crippen molar-refractivity contribution < 1.29 is 14.7 Å². The van der Waals surface area contributed by atoms with E-state index in [1.165, 1.54) is 11.3 Å². The van der Waals surface area contributed by atoms with E-state index in [4.69, 9.17) is 16.7 Å².